The molecular weight excluding hydrogens is 278 g/mol. The van der Waals surface area contributed by atoms with Crippen molar-refractivity contribution in [3.63, 3.8) is 0 Å². The highest BCUT2D eigenvalue weighted by Gasteiger charge is 2.09. The maximum Gasteiger partial charge on any atom is 0.336 e. The lowest BCUT2D eigenvalue weighted by Gasteiger charge is -2.13. The molecule has 0 bridgehead atoms. The van der Waals surface area contributed by atoms with E-state index in [1.165, 1.54) is 0 Å². The van der Waals surface area contributed by atoms with Crippen LogP contribution in [0.5, 0.6) is 5.75 Å². The molecule has 4 nitrogen and oxygen atoms in total. The van der Waals surface area contributed by atoms with Gasteiger partial charge in [0.1, 0.15) is 5.75 Å². The molecule has 0 aromatic heterocycles. The molecule has 0 radical (unpaired) electrons. The van der Waals surface area contributed by atoms with Gasteiger partial charge in [-0.2, -0.15) is 0 Å². The lowest BCUT2D eigenvalue weighted by Crippen LogP contribution is -2.07. The van der Waals surface area contributed by atoms with E-state index in [1.807, 2.05) is 51.1 Å². The number of aromatic carboxylic acids is 1. The largest absolute Gasteiger partial charge is 0.491 e. The van der Waals surface area contributed by atoms with Crippen molar-refractivity contribution in [3.05, 3.63) is 59.2 Å². The van der Waals surface area contributed by atoms with Gasteiger partial charge in [0.2, 0.25) is 0 Å². The van der Waals surface area contributed by atoms with Crippen molar-refractivity contribution in [2.75, 3.05) is 5.32 Å². The van der Waals surface area contributed by atoms with Gasteiger partial charge in [-0.25, -0.2) is 4.79 Å². The summed E-state index contributed by atoms with van der Waals surface area (Å²) in [5, 5.41) is 12.4. The molecule has 22 heavy (non-hydrogen) atoms. The van der Waals surface area contributed by atoms with Crippen molar-refractivity contribution in [2.24, 2.45) is 0 Å². The molecule has 2 N–H and O–H groups in total. The van der Waals surface area contributed by atoms with Crippen LogP contribution in [0.4, 0.5) is 5.69 Å². The van der Waals surface area contributed by atoms with Crippen molar-refractivity contribution in [1.29, 1.82) is 0 Å². The predicted octanol–water partition coefficient (Wildman–Crippen LogP) is 4.09. The predicted molar refractivity (Wildman–Crippen MR) is 87.7 cm³/mol. The van der Waals surface area contributed by atoms with Crippen molar-refractivity contribution >= 4 is 11.7 Å². The number of ether oxygens (including phenoxy) is 1. The number of carboxylic acids is 1. The molecule has 0 aliphatic rings. The quantitative estimate of drug-likeness (QED) is 0.843. The zero-order valence-corrected chi connectivity index (χ0v) is 13.1. The maximum absolute atomic E-state index is 11.1. The Morgan fingerprint density at radius 2 is 1.86 bits per heavy atom. The molecule has 2 aromatic rings. The summed E-state index contributed by atoms with van der Waals surface area (Å²) in [6.45, 7) is 6.43. The highest BCUT2D eigenvalue weighted by molar-refractivity contribution is 5.91. The first-order valence-corrected chi connectivity index (χ1v) is 7.29. The van der Waals surface area contributed by atoms with Crippen LogP contribution in [0.1, 0.15) is 35.3 Å². The minimum Gasteiger partial charge on any atom is -0.491 e. The number of hydrogen-bond donors (Lipinski definition) is 2. The minimum absolute atomic E-state index is 0.158. The third-order valence-electron chi connectivity index (χ3n) is 3.34. The van der Waals surface area contributed by atoms with Gasteiger partial charge in [-0.05, 0) is 56.2 Å². The fourth-order valence-electron chi connectivity index (χ4n) is 2.21. The summed E-state index contributed by atoms with van der Waals surface area (Å²) in [6.07, 6.45) is 0.158. The first kappa shape index (κ1) is 15.9. The van der Waals surface area contributed by atoms with Crippen LogP contribution in [0.3, 0.4) is 0 Å². The molecule has 0 spiro atoms. The van der Waals surface area contributed by atoms with E-state index in [0.29, 0.717) is 12.1 Å². The van der Waals surface area contributed by atoms with Crippen molar-refractivity contribution < 1.29 is 14.6 Å². The molecule has 116 valence electrons. The summed E-state index contributed by atoms with van der Waals surface area (Å²) in [6, 6.07) is 13.1. The average Bonchev–Trinajstić information content (AvgIpc) is 2.47. The number of benzene rings is 2. The Kier molecular flexibility index (Phi) is 5.04. The standard InChI is InChI=1S/C18H21NO3/c1-12(2)22-15-9-7-14(8-10-15)11-19-17-6-4-5-16(13(17)3)18(20)21/h4-10,12,19H,11H2,1-3H3,(H,20,21). The van der Waals surface area contributed by atoms with Gasteiger partial charge < -0.3 is 15.2 Å². The van der Waals surface area contributed by atoms with Crippen LogP contribution in [-0.2, 0) is 6.54 Å². The third kappa shape index (κ3) is 4.01. The maximum atomic E-state index is 11.1. The highest BCUT2D eigenvalue weighted by Crippen LogP contribution is 2.20. The summed E-state index contributed by atoms with van der Waals surface area (Å²) in [5.41, 5.74) is 3.01. The molecular formula is C18H21NO3. The molecule has 0 saturated carbocycles. The highest BCUT2D eigenvalue weighted by atomic mass is 16.5. The van der Waals surface area contributed by atoms with Gasteiger partial charge in [0.25, 0.3) is 0 Å². The second-order valence-electron chi connectivity index (χ2n) is 5.45. The van der Waals surface area contributed by atoms with Crippen LogP contribution in [0.25, 0.3) is 0 Å². The van der Waals surface area contributed by atoms with Crippen LogP contribution in [0, 0.1) is 6.92 Å². The Morgan fingerprint density at radius 1 is 1.18 bits per heavy atom. The number of carbonyl (C=O) groups is 1. The lowest BCUT2D eigenvalue weighted by atomic mass is 10.1. The second-order valence-corrected chi connectivity index (χ2v) is 5.45. The Hall–Kier alpha value is -2.49. The molecule has 0 saturated heterocycles. The number of hydrogen-bond acceptors (Lipinski definition) is 3. The zero-order chi connectivity index (χ0) is 16.1. The van der Waals surface area contributed by atoms with Gasteiger partial charge >= 0.3 is 5.97 Å². The molecule has 0 amide bonds. The van der Waals surface area contributed by atoms with Crippen molar-refractivity contribution in [3.8, 4) is 5.75 Å². The van der Waals surface area contributed by atoms with Crippen LogP contribution in [0.15, 0.2) is 42.5 Å². The molecule has 4 heteroatoms. The van der Waals surface area contributed by atoms with Crippen LogP contribution < -0.4 is 10.1 Å². The molecule has 2 rings (SSSR count). The first-order valence-electron chi connectivity index (χ1n) is 7.29. The van der Waals surface area contributed by atoms with Gasteiger partial charge in [-0.1, -0.05) is 18.2 Å². The summed E-state index contributed by atoms with van der Waals surface area (Å²) < 4.78 is 5.61. The number of anilines is 1. The summed E-state index contributed by atoms with van der Waals surface area (Å²) >= 11 is 0. The Bertz CT molecular complexity index is 648. The van der Waals surface area contributed by atoms with E-state index in [4.69, 9.17) is 9.84 Å². The van der Waals surface area contributed by atoms with Gasteiger partial charge in [-0.15, -0.1) is 0 Å². The van der Waals surface area contributed by atoms with E-state index in [2.05, 4.69) is 5.32 Å². The molecule has 0 aliphatic carbocycles. The van der Waals surface area contributed by atoms with Crippen molar-refractivity contribution in [2.45, 2.75) is 33.4 Å². The van der Waals surface area contributed by atoms with E-state index in [0.717, 1.165) is 22.6 Å². The fourth-order valence-corrected chi connectivity index (χ4v) is 2.21. The third-order valence-corrected chi connectivity index (χ3v) is 3.34. The smallest absolute Gasteiger partial charge is 0.336 e. The monoisotopic (exact) mass is 299 g/mol. The van der Waals surface area contributed by atoms with E-state index < -0.39 is 5.97 Å². The van der Waals surface area contributed by atoms with Gasteiger partial charge in [0.05, 0.1) is 11.7 Å². The Morgan fingerprint density at radius 3 is 2.45 bits per heavy atom. The number of nitrogens with one attached hydrogen (secondary N) is 1. The fraction of sp³-hybridized carbons (Fsp3) is 0.278. The SMILES string of the molecule is Cc1c(NCc2ccc(OC(C)C)cc2)cccc1C(=O)O. The molecule has 0 aliphatic heterocycles. The Labute approximate surface area is 130 Å². The van der Waals surface area contributed by atoms with Crippen molar-refractivity contribution in [1.82, 2.24) is 0 Å². The number of rotatable bonds is 6. The van der Waals surface area contributed by atoms with E-state index in [-0.39, 0.29) is 6.10 Å². The molecule has 0 heterocycles. The van der Waals surface area contributed by atoms with Gasteiger partial charge in [0.15, 0.2) is 0 Å². The van der Waals surface area contributed by atoms with E-state index in [1.54, 1.807) is 12.1 Å². The van der Waals surface area contributed by atoms with Crippen LogP contribution in [0.2, 0.25) is 0 Å². The molecule has 2 aromatic carbocycles. The van der Waals surface area contributed by atoms with Crippen LogP contribution in [-0.4, -0.2) is 17.2 Å². The van der Waals surface area contributed by atoms with E-state index in [9.17, 15) is 4.79 Å². The zero-order valence-electron chi connectivity index (χ0n) is 13.1. The molecule has 0 atom stereocenters. The lowest BCUT2D eigenvalue weighted by molar-refractivity contribution is 0.0696. The first-order chi connectivity index (χ1) is 10.5. The second kappa shape index (κ2) is 6.98. The summed E-state index contributed by atoms with van der Waals surface area (Å²) in [5.74, 6) is -0.0563. The summed E-state index contributed by atoms with van der Waals surface area (Å²) in [4.78, 5) is 11.1. The van der Waals surface area contributed by atoms with E-state index >= 15 is 0 Å². The average molecular weight is 299 g/mol. The molecule has 0 fully saturated rings. The summed E-state index contributed by atoms with van der Waals surface area (Å²) in [7, 11) is 0. The number of carboxylic acid groups (broad SMARTS) is 1. The normalized spacial score (nSPS) is 10.5. The molecule has 0 unspecified atom stereocenters. The topological polar surface area (TPSA) is 58.6 Å². The Balaban J connectivity index is 2.04. The van der Waals surface area contributed by atoms with Gasteiger partial charge in [-0.3, -0.25) is 0 Å². The minimum atomic E-state index is -0.906. The van der Waals surface area contributed by atoms with Gasteiger partial charge in [0, 0.05) is 12.2 Å². The van der Waals surface area contributed by atoms with Crippen LogP contribution >= 0.6 is 0 Å².